The Morgan fingerprint density at radius 1 is 0.839 bits per heavy atom. The average Bonchev–Trinajstić information content (AvgIpc) is 3.44. The molecule has 154 valence electrons. The smallest absolute Gasteiger partial charge is 0.255 e. The number of ether oxygens (including phenoxy) is 4. The Morgan fingerprint density at radius 2 is 1.61 bits per heavy atom. The van der Waals surface area contributed by atoms with Gasteiger partial charge in [-0.15, -0.1) is 0 Å². The van der Waals surface area contributed by atoms with Crippen LogP contribution in [-0.2, 0) is 0 Å². The molecule has 0 fully saturated rings. The van der Waals surface area contributed by atoms with Gasteiger partial charge in [0, 0.05) is 23.5 Å². The van der Waals surface area contributed by atoms with Gasteiger partial charge in [-0.05, 0) is 48.5 Å². The number of carbonyl (C=O) groups is 1. The van der Waals surface area contributed by atoms with Crippen molar-refractivity contribution in [1.82, 2.24) is 9.38 Å². The summed E-state index contributed by atoms with van der Waals surface area (Å²) in [7, 11) is 0. The van der Waals surface area contributed by atoms with Gasteiger partial charge in [-0.3, -0.25) is 4.79 Å². The number of hydrogen-bond donors (Lipinski definition) is 1. The third-order valence-corrected chi connectivity index (χ3v) is 5.18. The molecule has 2 aliphatic rings. The Bertz CT molecular complexity index is 1330. The van der Waals surface area contributed by atoms with Crippen molar-refractivity contribution in [3.63, 3.8) is 0 Å². The number of hydrogen-bond acceptors (Lipinski definition) is 6. The van der Waals surface area contributed by atoms with Crippen LogP contribution in [-0.4, -0.2) is 35.3 Å². The van der Waals surface area contributed by atoms with Crippen LogP contribution in [0.25, 0.3) is 16.9 Å². The van der Waals surface area contributed by atoms with Crippen molar-refractivity contribution >= 4 is 17.2 Å². The average molecular weight is 415 g/mol. The van der Waals surface area contributed by atoms with Gasteiger partial charge in [0.15, 0.2) is 23.0 Å². The fourth-order valence-corrected chi connectivity index (χ4v) is 3.65. The molecule has 0 saturated carbocycles. The number of nitrogens with one attached hydrogen (secondary N) is 1. The first-order chi connectivity index (χ1) is 15.2. The van der Waals surface area contributed by atoms with E-state index in [4.69, 9.17) is 18.9 Å². The SMILES string of the molecule is O=C(Nc1ccc2nc(-c3ccc4c(c3)OCCO4)cn2c1)c1ccc2c(c1)OCO2. The number of nitrogens with zero attached hydrogens (tertiary/aromatic N) is 2. The molecular weight excluding hydrogens is 398 g/mol. The zero-order valence-corrected chi connectivity index (χ0v) is 16.3. The highest BCUT2D eigenvalue weighted by molar-refractivity contribution is 6.04. The van der Waals surface area contributed by atoms with Crippen LogP contribution in [0, 0.1) is 0 Å². The monoisotopic (exact) mass is 415 g/mol. The number of rotatable bonds is 3. The van der Waals surface area contributed by atoms with Gasteiger partial charge in [0.2, 0.25) is 6.79 Å². The molecule has 0 spiro atoms. The first kappa shape index (κ1) is 17.6. The molecular formula is C23H17N3O5. The van der Waals surface area contributed by atoms with E-state index in [1.165, 1.54) is 0 Å². The third-order valence-electron chi connectivity index (χ3n) is 5.18. The van der Waals surface area contributed by atoms with Crippen LogP contribution in [0.15, 0.2) is 60.9 Å². The molecule has 0 radical (unpaired) electrons. The lowest BCUT2D eigenvalue weighted by atomic mass is 10.1. The highest BCUT2D eigenvalue weighted by Crippen LogP contribution is 2.35. The molecule has 1 amide bonds. The highest BCUT2D eigenvalue weighted by atomic mass is 16.7. The second kappa shape index (κ2) is 6.94. The molecule has 4 aromatic rings. The zero-order chi connectivity index (χ0) is 20.8. The molecule has 8 heteroatoms. The van der Waals surface area contributed by atoms with E-state index in [0.29, 0.717) is 36.0 Å². The number of amides is 1. The summed E-state index contributed by atoms with van der Waals surface area (Å²) in [6.45, 7) is 1.26. The minimum Gasteiger partial charge on any atom is -0.486 e. The molecule has 0 bridgehead atoms. The molecule has 0 atom stereocenters. The summed E-state index contributed by atoms with van der Waals surface area (Å²) in [6, 6.07) is 14.6. The normalized spacial score (nSPS) is 13.9. The first-order valence-electron chi connectivity index (χ1n) is 9.83. The standard InChI is InChI=1S/C23H17N3O5/c27-23(15-2-5-19-21(10-15)31-13-30-19)24-16-3-6-22-25-17(12-26(22)11-16)14-1-4-18-20(9-14)29-8-7-28-18/h1-6,9-12H,7-8,13H2,(H,24,27). The Morgan fingerprint density at radius 3 is 2.55 bits per heavy atom. The lowest BCUT2D eigenvalue weighted by Crippen LogP contribution is -2.15. The maximum absolute atomic E-state index is 12.7. The first-order valence-corrected chi connectivity index (χ1v) is 9.83. The Kier molecular flexibility index (Phi) is 3.95. The second-order valence-corrected chi connectivity index (χ2v) is 7.19. The lowest BCUT2D eigenvalue weighted by molar-refractivity contribution is 0.102. The van der Waals surface area contributed by atoms with Crippen LogP contribution in [0.5, 0.6) is 23.0 Å². The van der Waals surface area contributed by atoms with Crippen molar-refractivity contribution < 1.29 is 23.7 Å². The van der Waals surface area contributed by atoms with Crippen molar-refractivity contribution in [3.8, 4) is 34.3 Å². The van der Waals surface area contributed by atoms with Crippen molar-refractivity contribution in [1.29, 1.82) is 0 Å². The van der Waals surface area contributed by atoms with E-state index in [0.717, 1.165) is 28.4 Å². The molecule has 6 rings (SSSR count). The molecule has 0 unspecified atom stereocenters. The third kappa shape index (κ3) is 3.18. The Hall–Kier alpha value is -4.20. The topological polar surface area (TPSA) is 83.3 Å². The number of anilines is 1. The van der Waals surface area contributed by atoms with Crippen molar-refractivity contribution in [2.75, 3.05) is 25.3 Å². The number of imidazole rings is 1. The van der Waals surface area contributed by atoms with Crippen molar-refractivity contribution in [2.24, 2.45) is 0 Å². The number of benzene rings is 2. The number of carbonyl (C=O) groups excluding carboxylic acids is 1. The van der Waals surface area contributed by atoms with E-state index < -0.39 is 0 Å². The van der Waals surface area contributed by atoms with Crippen LogP contribution in [0.3, 0.4) is 0 Å². The van der Waals surface area contributed by atoms with E-state index >= 15 is 0 Å². The van der Waals surface area contributed by atoms with Crippen LogP contribution in [0.4, 0.5) is 5.69 Å². The fourth-order valence-electron chi connectivity index (χ4n) is 3.65. The Labute approximate surface area is 176 Å². The molecule has 8 nitrogen and oxygen atoms in total. The van der Waals surface area contributed by atoms with Gasteiger partial charge in [0.25, 0.3) is 5.91 Å². The van der Waals surface area contributed by atoms with Gasteiger partial charge in [-0.1, -0.05) is 0 Å². The second-order valence-electron chi connectivity index (χ2n) is 7.19. The molecule has 0 saturated heterocycles. The minimum atomic E-state index is -0.232. The summed E-state index contributed by atoms with van der Waals surface area (Å²) < 4.78 is 23.8. The van der Waals surface area contributed by atoms with Crippen molar-refractivity contribution in [3.05, 3.63) is 66.5 Å². The summed E-state index contributed by atoms with van der Waals surface area (Å²) in [5.41, 5.74) is 3.65. The lowest BCUT2D eigenvalue weighted by Gasteiger charge is -2.18. The summed E-state index contributed by atoms with van der Waals surface area (Å²) in [5, 5.41) is 2.91. The van der Waals surface area contributed by atoms with Crippen LogP contribution < -0.4 is 24.3 Å². The van der Waals surface area contributed by atoms with E-state index in [2.05, 4.69) is 10.3 Å². The predicted octanol–water partition coefficient (Wildman–Crippen LogP) is 3.75. The van der Waals surface area contributed by atoms with Crippen LogP contribution >= 0.6 is 0 Å². The van der Waals surface area contributed by atoms with Gasteiger partial charge in [0.1, 0.15) is 18.9 Å². The van der Waals surface area contributed by atoms with E-state index in [-0.39, 0.29) is 12.7 Å². The molecule has 4 heterocycles. The van der Waals surface area contributed by atoms with Gasteiger partial charge in [0.05, 0.1) is 11.4 Å². The molecule has 2 aromatic heterocycles. The maximum atomic E-state index is 12.7. The van der Waals surface area contributed by atoms with E-state index in [1.54, 1.807) is 18.2 Å². The van der Waals surface area contributed by atoms with Crippen LogP contribution in [0.2, 0.25) is 0 Å². The summed E-state index contributed by atoms with van der Waals surface area (Å²) in [6.07, 6.45) is 3.74. The highest BCUT2D eigenvalue weighted by Gasteiger charge is 2.17. The number of aromatic nitrogens is 2. The van der Waals surface area contributed by atoms with Gasteiger partial charge in [-0.2, -0.15) is 0 Å². The zero-order valence-electron chi connectivity index (χ0n) is 16.3. The fraction of sp³-hybridized carbons (Fsp3) is 0.130. The molecule has 31 heavy (non-hydrogen) atoms. The van der Waals surface area contributed by atoms with Gasteiger partial charge < -0.3 is 28.7 Å². The van der Waals surface area contributed by atoms with Crippen LogP contribution in [0.1, 0.15) is 10.4 Å². The number of pyridine rings is 1. The molecule has 2 aliphatic heterocycles. The molecule has 0 aliphatic carbocycles. The number of fused-ring (bicyclic) bond motifs is 3. The summed E-state index contributed by atoms with van der Waals surface area (Å²) in [5.74, 6) is 2.44. The van der Waals surface area contributed by atoms with E-state index in [9.17, 15) is 4.79 Å². The van der Waals surface area contributed by atoms with E-state index in [1.807, 2.05) is 47.1 Å². The van der Waals surface area contributed by atoms with Crippen molar-refractivity contribution in [2.45, 2.75) is 0 Å². The predicted molar refractivity (Wildman–Crippen MR) is 112 cm³/mol. The van der Waals surface area contributed by atoms with Gasteiger partial charge in [-0.25, -0.2) is 4.98 Å². The molecule has 2 aromatic carbocycles. The summed E-state index contributed by atoms with van der Waals surface area (Å²) >= 11 is 0. The largest absolute Gasteiger partial charge is 0.486 e. The summed E-state index contributed by atoms with van der Waals surface area (Å²) in [4.78, 5) is 17.3. The quantitative estimate of drug-likeness (QED) is 0.549. The minimum absolute atomic E-state index is 0.170. The van der Waals surface area contributed by atoms with Gasteiger partial charge >= 0.3 is 0 Å². The maximum Gasteiger partial charge on any atom is 0.255 e. The molecule has 1 N–H and O–H groups in total. The Balaban J connectivity index is 1.26.